The van der Waals surface area contributed by atoms with Gasteiger partial charge in [-0.3, -0.25) is 4.79 Å². The van der Waals surface area contributed by atoms with E-state index in [1.54, 1.807) is 0 Å². The predicted molar refractivity (Wildman–Crippen MR) is 146 cm³/mol. The minimum Gasteiger partial charge on any atom is -0.355 e. The van der Waals surface area contributed by atoms with Gasteiger partial charge in [0.05, 0.1) is 10.8 Å². The Bertz CT molecular complexity index is 1510. The predicted octanol–water partition coefficient (Wildman–Crippen LogP) is 5.48. The number of carbonyl (C=O) groups is 1. The number of amides is 1. The number of benzene rings is 3. The van der Waals surface area contributed by atoms with E-state index in [-0.39, 0.29) is 11.2 Å². The van der Waals surface area contributed by atoms with Crippen molar-refractivity contribution in [1.29, 1.82) is 0 Å². The molecule has 5 aromatic rings. The van der Waals surface area contributed by atoms with E-state index in [4.69, 9.17) is 4.98 Å². The molecule has 5 rings (SSSR count). The number of hydrogen-bond acceptors (Lipinski definition) is 5. The largest absolute Gasteiger partial charge is 0.355 e. The molecule has 0 radical (unpaired) electrons. The lowest BCUT2D eigenvalue weighted by molar-refractivity contribution is -0.120. The number of hydrogen-bond donors (Lipinski definition) is 1. The van der Waals surface area contributed by atoms with E-state index in [1.807, 2.05) is 25.1 Å². The maximum Gasteiger partial charge on any atom is 0.233 e. The molecule has 0 aliphatic rings. The van der Waals surface area contributed by atoms with Gasteiger partial charge in [-0.25, -0.2) is 4.98 Å². The topological polar surface area (TPSA) is 72.7 Å². The number of nitrogens with zero attached hydrogens (tertiary/aromatic N) is 4. The molecule has 0 saturated carbocycles. The van der Waals surface area contributed by atoms with Crippen LogP contribution in [0, 0.1) is 13.8 Å². The second-order valence-electron chi connectivity index (χ2n) is 9.15. The maximum absolute atomic E-state index is 12.7. The maximum atomic E-state index is 12.7. The molecule has 36 heavy (non-hydrogen) atoms. The standard InChI is InChI=1S/C29H29N5OS/c1-19-9-12-23(13-10-19)18-34-25-14-11-20(2)17-24(25)26-27(34)31-29(33-32-26)36-21(3)28(35)30-16-15-22-7-5-4-6-8-22/h4-14,17,21H,15-16,18H2,1-3H3,(H,30,35). The second-order valence-corrected chi connectivity index (χ2v) is 10.5. The third kappa shape index (κ3) is 5.26. The first-order valence-corrected chi connectivity index (χ1v) is 13.0. The molecule has 182 valence electrons. The lowest BCUT2D eigenvalue weighted by atomic mass is 10.1. The zero-order chi connectivity index (χ0) is 25.1. The van der Waals surface area contributed by atoms with E-state index in [0.29, 0.717) is 18.2 Å². The Morgan fingerprint density at radius 1 is 0.944 bits per heavy atom. The van der Waals surface area contributed by atoms with Gasteiger partial charge in [0.25, 0.3) is 0 Å². The van der Waals surface area contributed by atoms with Gasteiger partial charge in [0, 0.05) is 18.5 Å². The van der Waals surface area contributed by atoms with Crippen LogP contribution in [0.3, 0.4) is 0 Å². The average Bonchev–Trinajstić information content (AvgIpc) is 3.17. The Morgan fingerprint density at radius 3 is 2.47 bits per heavy atom. The van der Waals surface area contributed by atoms with Crippen molar-refractivity contribution in [3.8, 4) is 0 Å². The summed E-state index contributed by atoms with van der Waals surface area (Å²) in [5, 5.41) is 13.2. The van der Waals surface area contributed by atoms with Gasteiger partial charge in [-0.05, 0) is 50.5 Å². The summed E-state index contributed by atoms with van der Waals surface area (Å²) in [5.74, 6) is -0.0320. The van der Waals surface area contributed by atoms with Crippen LogP contribution >= 0.6 is 11.8 Å². The molecule has 1 atom stereocenters. The minimum absolute atomic E-state index is 0.0320. The first-order chi connectivity index (χ1) is 17.5. The molecule has 0 fully saturated rings. The van der Waals surface area contributed by atoms with Crippen LogP contribution in [0.25, 0.3) is 22.1 Å². The monoisotopic (exact) mass is 495 g/mol. The molecular weight excluding hydrogens is 466 g/mol. The lowest BCUT2D eigenvalue weighted by Gasteiger charge is -2.11. The smallest absolute Gasteiger partial charge is 0.233 e. The molecule has 3 aromatic carbocycles. The van der Waals surface area contributed by atoms with Crippen LogP contribution in [0.15, 0.2) is 78.0 Å². The van der Waals surface area contributed by atoms with Gasteiger partial charge in [0.2, 0.25) is 11.1 Å². The van der Waals surface area contributed by atoms with Gasteiger partial charge in [-0.1, -0.05) is 83.6 Å². The van der Waals surface area contributed by atoms with Crippen molar-refractivity contribution in [3.05, 3.63) is 95.1 Å². The van der Waals surface area contributed by atoms with Gasteiger partial charge in [0.1, 0.15) is 5.52 Å². The summed E-state index contributed by atoms with van der Waals surface area (Å²) in [6, 6.07) is 25.1. The summed E-state index contributed by atoms with van der Waals surface area (Å²) in [7, 11) is 0. The quantitative estimate of drug-likeness (QED) is 0.289. The highest BCUT2D eigenvalue weighted by molar-refractivity contribution is 8.00. The summed E-state index contributed by atoms with van der Waals surface area (Å²) in [4.78, 5) is 17.6. The normalized spacial score (nSPS) is 12.2. The molecule has 0 spiro atoms. The fourth-order valence-corrected chi connectivity index (χ4v) is 5.00. The Kier molecular flexibility index (Phi) is 7.00. The fraction of sp³-hybridized carbons (Fsp3) is 0.241. The SMILES string of the molecule is Cc1ccc(Cn2c3ccc(C)cc3c3nnc(SC(C)C(=O)NCCc4ccccc4)nc32)cc1. The van der Waals surface area contributed by atoms with Crippen molar-refractivity contribution in [2.45, 2.75) is 44.1 Å². The Labute approximate surface area is 215 Å². The molecule has 7 heteroatoms. The zero-order valence-corrected chi connectivity index (χ0v) is 21.5. The third-order valence-corrected chi connectivity index (χ3v) is 7.22. The first kappa shape index (κ1) is 24.0. The van der Waals surface area contributed by atoms with E-state index in [9.17, 15) is 4.79 Å². The van der Waals surface area contributed by atoms with E-state index in [0.717, 1.165) is 34.1 Å². The molecule has 2 aromatic heterocycles. The highest BCUT2D eigenvalue weighted by Crippen LogP contribution is 2.30. The summed E-state index contributed by atoms with van der Waals surface area (Å²) in [6.07, 6.45) is 0.798. The van der Waals surface area contributed by atoms with Crippen molar-refractivity contribution >= 4 is 39.7 Å². The van der Waals surface area contributed by atoms with Crippen LogP contribution < -0.4 is 5.32 Å². The van der Waals surface area contributed by atoms with Gasteiger partial charge in [-0.2, -0.15) is 0 Å². The molecule has 2 heterocycles. The molecule has 0 saturated heterocycles. The highest BCUT2D eigenvalue weighted by Gasteiger charge is 2.19. The summed E-state index contributed by atoms with van der Waals surface area (Å²) in [5.41, 5.74) is 7.43. The highest BCUT2D eigenvalue weighted by atomic mass is 32.2. The zero-order valence-electron chi connectivity index (χ0n) is 20.7. The number of fused-ring (bicyclic) bond motifs is 3. The van der Waals surface area contributed by atoms with Crippen LogP contribution in [-0.2, 0) is 17.8 Å². The van der Waals surface area contributed by atoms with Gasteiger partial charge in [-0.15, -0.1) is 10.2 Å². The molecule has 0 aliphatic carbocycles. The molecule has 1 amide bonds. The minimum atomic E-state index is -0.336. The van der Waals surface area contributed by atoms with Crippen LogP contribution in [0.5, 0.6) is 0 Å². The number of rotatable bonds is 8. The average molecular weight is 496 g/mol. The summed E-state index contributed by atoms with van der Waals surface area (Å²) in [6.45, 7) is 7.32. The van der Waals surface area contributed by atoms with Gasteiger partial charge in [0.15, 0.2) is 5.65 Å². The number of thioether (sulfide) groups is 1. The van der Waals surface area contributed by atoms with E-state index in [2.05, 4.69) is 88.5 Å². The summed E-state index contributed by atoms with van der Waals surface area (Å²) < 4.78 is 2.19. The van der Waals surface area contributed by atoms with Crippen LogP contribution in [0.4, 0.5) is 0 Å². The van der Waals surface area contributed by atoms with Crippen LogP contribution in [-0.4, -0.2) is 37.5 Å². The van der Waals surface area contributed by atoms with E-state index in [1.165, 1.54) is 28.5 Å². The molecule has 0 bridgehead atoms. The molecule has 1 unspecified atom stereocenters. The molecule has 0 aliphatic heterocycles. The van der Waals surface area contributed by atoms with Crippen molar-refractivity contribution in [3.63, 3.8) is 0 Å². The first-order valence-electron chi connectivity index (χ1n) is 12.1. The van der Waals surface area contributed by atoms with Gasteiger partial charge < -0.3 is 9.88 Å². The van der Waals surface area contributed by atoms with Crippen molar-refractivity contribution in [2.24, 2.45) is 0 Å². The van der Waals surface area contributed by atoms with Crippen LogP contribution in [0.2, 0.25) is 0 Å². The Morgan fingerprint density at radius 2 is 1.69 bits per heavy atom. The van der Waals surface area contributed by atoms with E-state index >= 15 is 0 Å². The molecular formula is C29H29N5OS. The lowest BCUT2D eigenvalue weighted by Crippen LogP contribution is -2.32. The van der Waals surface area contributed by atoms with Gasteiger partial charge >= 0.3 is 0 Å². The van der Waals surface area contributed by atoms with Crippen molar-refractivity contribution in [2.75, 3.05) is 6.54 Å². The molecule has 6 nitrogen and oxygen atoms in total. The number of carbonyl (C=O) groups excluding carboxylic acids is 1. The Balaban J connectivity index is 1.38. The Hall–Kier alpha value is -3.71. The van der Waals surface area contributed by atoms with Crippen LogP contribution in [0.1, 0.15) is 29.2 Å². The van der Waals surface area contributed by atoms with E-state index < -0.39 is 0 Å². The van der Waals surface area contributed by atoms with Crippen molar-refractivity contribution < 1.29 is 4.79 Å². The third-order valence-electron chi connectivity index (χ3n) is 6.27. The fourth-order valence-electron chi connectivity index (χ4n) is 4.27. The number of nitrogens with one attached hydrogen (secondary N) is 1. The molecule has 1 N–H and O–H groups in total. The number of aromatic nitrogens is 4. The number of aryl methyl sites for hydroxylation is 2. The summed E-state index contributed by atoms with van der Waals surface area (Å²) >= 11 is 1.33. The second kappa shape index (κ2) is 10.5. The van der Waals surface area contributed by atoms with Crippen molar-refractivity contribution in [1.82, 2.24) is 25.1 Å².